The zero-order valence-corrected chi connectivity index (χ0v) is 15.6. The van der Waals surface area contributed by atoms with Crippen molar-refractivity contribution in [2.45, 2.75) is 39.7 Å². The lowest BCUT2D eigenvalue weighted by Crippen LogP contribution is -2.30. The number of imidazole rings is 1. The topological polar surface area (TPSA) is 85.2 Å². The highest BCUT2D eigenvalue weighted by atomic mass is 16.5. The van der Waals surface area contributed by atoms with E-state index in [1.807, 2.05) is 42.7 Å². The van der Waals surface area contributed by atoms with Crippen LogP contribution in [0.2, 0.25) is 0 Å². The van der Waals surface area contributed by atoms with E-state index in [4.69, 9.17) is 4.74 Å². The molecular formula is C19H28N4O3. The second kappa shape index (κ2) is 10.6. The number of hydrogen-bond donors (Lipinski definition) is 2. The van der Waals surface area contributed by atoms with E-state index >= 15 is 0 Å². The van der Waals surface area contributed by atoms with Crippen LogP contribution in [0.1, 0.15) is 32.5 Å². The molecule has 0 aliphatic heterocycles. The molecule has 0 atom stereocenters. The van der Waals surface area contributed by atoms with Gasteiger partial charge in [-0.25, -0.2) is 4.98 Å². The lowest BCUT2D eigenvalue weighted by molar-refractivity contribution is -0.122. The van der Waals surface area contributed by atoms with E-state index in [0.717, 1.165) is 23.3 Å². The maximum Gasteiger partial charge on any atom is 0.240 e. The normalized spacial score (nSPS) is 10.8. The van der Waals surface area contributed by atoms with Crippen LogP contribution in [0.4, 0.5) is 0 Å². The number of carbonyl (C=O) groups excluding carboxylic acids is 2. The molecule has 0 aliphatic rings. The van der Waals surface area contributed by atoms with Crippen molar-refractivity contribution in [1.82, 2.24) is 20.2 Å². The zero-order chi connectivity index (χ0) is 18.8. The van der Waals surface area contributed by atoms with Crippen LogP contribution in [0.15, 0.2) is 24.3 Å². The summed E-state index contributed by atoms with van der Waals surface area (Å²) in [5, 5.41) is 5.77. The fourth-order valence-corrected chi connectivity index (χ4v) is 2.68. The van der Waals surface area contributed by atoms with Crippen LogP contribution in [-0.4, -0.2) is 47.7 Å². The molecule has 0 saturated heterocycles. The van der Waals surface area contributed by atoms with Gasteiger partial charge in [0.2, 0.25) is 11.8 Å². The molecule has 0 radical (unpaired) electrons. The quantitative estimate of drug-likeness (QED) is 0.597. The standard InChI is InChI=1S/C19H28N4O3/c1-3-18(24)21-12-10-17-22-15-8-5-6-9-16(15)23(17)14-19(25)20-11-7-13-26-4-2/h5-6,8-9H,3-4,7,10-14H2,1-2H3,(H,20,25)(H,21,24). The molecule has 142 valence electrons. The number of hydrogen-bond acceptors (Lipinski definition) is 4. The first kappa shape index (κ1) is 19.9. The SMILES string of the molecule is CCOCCCNC(=O)Cn1c(CCNC(=O)CC)nc2ccccc21. The third-order valence-electron chi connectivity index (χ3n) is 4.02. The van der Waals surface area contributed by atoms with Gasteiger partial charge in [-0.15, -0.1) is 0 Å². The number of aromatic nitrogens is 2. The molecule has 1 heterocycles. The summed E-state index contributed by atoms with van der Waals surface area (Å²) < 4.78 is 7.19. The molecule has 0 spiro atoms. The first-order valence-electron chi connectivity index (χ1n) is 9.21. The van der Waals surface area contributed by atoms with E-state index < -0.39 is 0 Å². The molecule has 7 heteroatoms. The fourth-order valence-electron chi connectivity index (χ4n) is 2.68. The van der Waals surface area contributed by atoms with Gasteiger partial charge in [0.15, 0.2) is 0 Å². The average Bonchev–Trinajstić information content (AvgIpc) is 2.99. The fraction of sp³-hybridized carbons (Fsp3) is 0.526. The van der Waals surface area contributed by atoms with Gasteiger partial charge in [-0.2, -0.15) is 0 Å². The summed E-state index contributed by atoms with van der Waals surface area (Å²) >= 11 is 0. The molecule has 2 rings (SSSR count). The van der Waals surface area contributed by atoms with Gasteiger partial charge in [0.05, 0.1) is 11.0 Å². The van der Waals surface area contributed by atoms with Gasteiger partial charge in [-0.1, -0.05) is 19.1 Å². The zero-order valence-electron chi connectivity index (χ0n) is 15.6. The van der Waals surface area contributed by atoms with Crippen molar-refractivity contribution >= 4 is 22.8 Å². The van der Waals surface area contributed by atoms with Crippen LogP contribution in [0.3, 0.4) is 0 Å². The Morgan fingerprint density at radius 2 is 1.88 bits per heavy atom. The van der Waals surface area contributed by atoms with Crippen molar-refractivity contribution in [2.75, 3.05) is 26.3 Å². The van der Waals surface area contributed by atoms with Crippen LogP contribution < -0.4 is 10.6 Å². The number of nitrogens with zero attached hydrogens (tertiary/aromatic N) is 2. The highest BCUT2D eigenvalue weighted by Crippen LogP contribution is 2.16. The number of para-hydroxylation sites is 2. The first-order chi connectivity index (χ1) is 12.7. The van der Waals surface area contributed by atoms with Crippen molar-refractivity contribution in [2.24, 2.45) is 0 Å². The minimum absolute atomic E-state index is 0.0136. The molecular weight excluding hydrogens is 332 g/mol. The Hall–Kier alpha value is -2.41. The van der Waals surface area contributed by atoms with E-state index in [0.29, 0.717) is 39.1 Å². The second-order valence-electron chi connectivity index (χ2n) is 5.96. The monoisotopic (exact) mass is 360 g/mol. The van der Waals surface area contributed by atoms with Gasteiger partial charge in [0.1, 0.15) is 12.4 Å². The smallest absolute Gasteiger partial charge is 0.240 e. The molecule has 1 aromatic heterocycles. The summed E-state index contributed by atoms with van der Waals surface area (Å²) in [7, 11) is 0. The van der Waals surface area contributed by atoms with Crippen LogP contribution in [0, 0.1) is 0 Å². The molecule has 1 aromatic carbocycles. The number of carbonyl (C=O) groups is 2. The van der Waals surface area contributed by atoms with Crippen molar-refractivity contribution in [3.8, 4) is 0 Å². The largest absolute Gasteiger partial charge is 0.382 e. The average molecular weight is 360 g/mol. The minimum Gasteiger partial charge on any atom is -0.382 e. The number of ether oxygens (including phenoxy) is 1. The Bertz CT molecular complexity index is 727. The van der Waals surface area contributed by atoms with E-state index in [1.54, 1.807) is 0 Å². The molecule has 0 unspecified atom stereocenters. The van der Waals surface area contributed by atoms with Crippen molar-refractivity contribution in [3.63, 3.8) is 0 Å². The van der Waals surface area contributed by atoms with Gasteiger partial charge in [-0.3, -0.25) is 9.59 Å². The molecule has 0 aliphatic carbocycles. The van der Waals surface area contributed by atoms with Crippen molar-refractivity contribution in [3.05, 3.63) is 30.1 Å². The molecule has 2 aromatic rings. The molecule has 2 N–H and O–H groups in total. The lowest BCUT2D eigenvalue weighted by Gasteiger charge is -2.10. The Morgan fingerprint density at radius 1 is 1.12 bits per heavy atom. The van der Waals surface area contributed by atoms with Crippen LogP contribution in [0.25, 0.3) is 11.0 Å². The maximum absolute atomic E-state index is 12.3. The molecule has 7 nitrogen and oxygen atoms in total. The highest BCUT2D eigenvalue weighted by molar-refractivity contribution is 5.81. The summed E-state index contributed by atoms with van der Waals surface area (Å²) in [5.41, 5.74) is 1.78. The maximum atomic E-state index is 12.3. The lowest BCUT2D eigenvalue weighted by atomic mass is 10.3. The Balaban J connectivity index is 2.00. The first-order valence-corrected chi connectivity index (χ1v) is 9.21. The molecule has 2 amide bonds. The Kier molecular flexibility index (Phi) is 8.08. The van der Waals surface area contributed by atoms with Gasteiger partial charge in [0.25, 0.3) is 0 Å². The number of amides is 2. The minimum atomic E-state index is -0.0523. The number of rotatable bonds is 11. The highest BCUT2D eigenvalue weighted by Gasteiger charge is 2.13. The van der Waals surface area contributed by atoms with E-state index in [-0.39, 0.29) is 18.4 Å². The van der Waals surface area contributed by atoms with Gasteiger partial charge < -0.3 is 19.9 Å². The van der Waals surface area contributed by atoms with E-state index in [1.165, 1.54) is 0 Å². The van der Waals surface area contributed by atoms with Gasteiger partial charge in [-0.05, 0) is 25.5 Å². The van der Waals surface area contributed by atoms with E-state index in [2.05, 4.69) is 15.6 Å². The Labute approximate surface area is 154 Å². The summed E-state index contributed by atoms with van der Waals surface area (Å²) in [6, 6.07) is 7.75. The molecule has 0 bridgehead atoms. The number of benzene rings is 1. The number of fused-ring (bicyclic) bond motifs is 1. The van der Waals surface area contributed by atoms with Crippen molar-refractivity contribution in [1.29, 1.82) is 0 Å². The summed E-state index contributed by atoms with van der Waals surface area (Å²) in [5.74, 6) is 0.760. The van der Waals surface area contributed by atoms with Gasteiger partial charge in [0, 0.05) is 39.1 Å². The van der Waals surface area contributed by atoms with Crippen LogP contribution in [-0.2, 0) is 27.3 Å². The molecule has 0 saturated carbocycles. The van der Waals surface area contributed by atoms with Crippen LogP contribution in [0.5, 0.6) is 0 Å². The summed E-state index contributed by atoms with van der Waals surface area (Å²) in [6.07, 6.45) is 1.83. The predicted octanol–water partition coefficient (Wildman–Crippen LogP) is 1.65. The molecule has 0 fully saturated rings. The van der Waals surface area contributed by atoms with Crippen molar-refractivity contribution < 1.29 is 14.3 Å². The Morgan fingerprint density at radius 3 is 2.65 bits per heavy atom. The van der Waals surface area contributed by atoms with E-state index in [9.17, 15) is 9.59 Å². The third-order valence-corrected chi connectivity index (χ3v) is 4.02. The predicted molar refractivity (Wildman–Crippen MR) is 101 cm³/mol. The summed E-state index contributed by atoms with van der Waals surface area (Å²) in [4.78, 5) is 28.3. The van der Waals surface area contributed by atoms with Crippen LogP contribution >= 0.6 is 0 Å². The van der Waals surface area contributed by atoms with Gasteiger partial charge >= 0.3 is 0 Å². The third kappa shape index (κ3) is 5.84. The molecule has 26 heavy (non-hydrogen) atoms. The second-order valence-corrected chi connectivity index (χ2v) is 5.96. The number of nitrogens with one attached hydrogen (secondary N) is 2. The summed E-state index contributed by atoms with van der Waals surface area (Å²) in [6.45, 7) is 6.42.